The minimum Gasteiger partial charge on any atom is -0.325 e. The van der Waals surface area contributed by atoms with E-state index >= 15 is 0 Å². The molecule has 0 radical (unpaired) electrons. The van der Waals surface area contributed by atoms with Gasteiger partial charge in [-0.3, -0.25) is 38.4 Å². The van der Waals surface area contributed by atoms with Crippen LogP contribution >= 0.6 is 0 Å². The number of anilines is 3. The molecule has 0 saturated carbocycles. The molecule has 0 bridgehead atoms. The number of ketones is 4. The van der Waals surface area contributed by atoms with Gasteiger partial charge in [-0.05, 0) is 114 Å². The first-order valence-electron chi connectivity index (χ1n) is 32.6. The van der Waals surface area contributed by atoms with Crippen molar-refractivity contribution in [2.45, 2.75) is 47.5 Å². The zero-order chi connectivity index (χ0) is 72.3. The molecule has 0 spiro atoms. The Morgan fingerprint density at radius 3 is 1.21 bits per heavy atom. The van der Waals surface area contributed by atoms with Crippen molar-refractivity contribution in [3.05, 3.63) is 281 Å². The molecular formula is C71H67F2N3O8. The molecule has 8 aromatic rings. The van der Waals surface area contributed by atoms with E-state index in [0.717, 1.165) is 11.6 Å². The molecule has 2 unspecified atom stereocenters. The number of Topliss-reactive ketones (excluding diaryl/α,β-unsaturated/α-hetero) is 4. The molecule has 0 aliphatic carbocycles. The molecule has 3 amide bonds. The smallest absolute Gasteiger partial charge is 0.259 e. The second kappa shape index (κ2) is 33.6. The second-order valence-corrected chi connectivity index (χ2v) is 18.9. The van der Waals surface area contributed by atoms with Gasteiger partial charge in [-0.25, -0.2) is 8.78 Å². The number of benzene rings is 8. The Balaban J connectivity index is 0.000000245. The van der Waals surface area contributed by atoms with Crippen molar-refractivity contribution in [3.8, 4) is 0 Å². The van der Waals surface area contributed by atoms with Gasteiger partial charge in [0.25, 0.3) is 11.8 Å². The Morgan fingerprint density at radius 2 is 0.810 bits per heavy atom. The maximum absolute atomic E-state index is 14.1. The predicted octanol–water partition coefficient (Wildman–Crippen LogP) is 14.8. The van der Waals surface area contributed by atoms with Crippen molar-refractivity contribution in [2.75, 3.05) is 16.0 Å². The van der Waals surface area contributed by atoms with Crippen LogP contribution in [0.1, 0.15) is 103 Å². The lowest BCUT2D eigenvalue weighted by atomic mass is 9.75. The van der Waals surface area contributed by atoms with Gasteiger partial charge in [0.2, 0.25) is 5.91 Å². The third kappa shape index (κ3) is 20.8. The van der Waals surface area contributed by atoms with Gasteiger partial charge in [-0.15, -0.1) is 0 Å². The van der Waals surface area contributed by atoms with Crippen LogP contribution in [0.15, 0.2) is 241 Å². The highest BCUT2D eigenvalue weighted by Gasteiger charge is 2.41. The van der Waals surface area contributed by atoms with Crippen LogP contribution in [0.2, 0.25) is 0 Å². The molecule has 0 aliphatic heterocycles. The van der Waals surface area contributed by atoms with Gasteiger partial charge in [0, 0.05) is 45.9 Å². The molecule has 11 nitrogen and oxygen atoms in total. The predicted molar refractivity (Wildman–Crippen MR) is 329 cm³/mol. The number of para-hydroxylation sites is 3. The Hall–Kier alpha value is -10.1. The minimum atomic E-state index is -1.54. The van der Waals surface area contributed by atoms with Crippen LogP contribution in [0.25, 0.3) is 12.2 Å². The van der Waals surface area contributed by atoms with Crippen LogP contribution in [0.3, 0.4) is 0 Å². The molecule has 428 valence electrons. The van der Waals surface area contributed by atoms with Gasteiger partial charge in [-0.1, -0.05) is 187 Å². The molecule has 0 saturated heterocycles. The molecule has 8 rings (SSSR count). The fourth-order valence-electron chi connectivity index (χ4n) is 7.39. The number of carbonyl (C=O) groups is 8. The lowest BCUT2D eigenvalue weighted by Gasteiger charge is -2.26. The molecule has 0 aliphatic rings. The van der Waals surface area contributed by atoms with E-state index in [1.165, 1.54) is 0 Å². The number of hydrogen-bond acceptors (Lipinski definition) is 8. The van der Waals surface area contributed by atoms with Crippen LogP contribution in [0.4, 0.5) is 25.8 Å². The number of amides is 3. The zero-order valence-electron chi connectivity index (χ0n) is 59.6. The molecule has 0 heterocycles. The number of carbonyl (C=O) groups excluding carboxylic acids is 8. The molecule has 0 fully saturated rings. The number of hydrogen-bond donors (Lipinski definition) is 3. The monoisotopic (exact) mass is 1140 g/mol. The molecule has 8 aromatic carbocycles. The number of halogens is 2. The first kappa shape index (κ1) is 47.5. The van der Waals surface area contributed by atoms with Crippen LogP contribution in [-0.4, -0.2) is 47.1 Å². The van der Waals surface area contributed by atoms with Gasteiger partial charge in [0.1, 0.15) is 29.6 Å². The average molecular weight is 1140 g/mol. The van der Waals surface area contributed by atoms with E-state index in [4.69, 9.17) is 17.8 Å². The third-order valence-corrected chi connectivity index (χ3v) is 11.6. The Labute approximate surface area is 507 Å². The number of aldehydes is 1. The van der Waals surface area contributed by atoms with E-state index in [9.17, 15) is 47.1 Å². The van der Waals surface area contributed by atoms with Gasteiger partial charge in [-0.2, -0.15) is 0 Å². The molecule has 13 heteroatoms. The van der Waals surface area contributed by atoms with E-state index in [1.807, 2.05) is 48.5 Å². The van der Waals surface area contributed by atoms with Gasteiger partial charge in [0.15, 0.2) is 17.3 Å². The van der Waals surface area contributed by atoms with Gasteiger partial charge >= 0.3 is 0 Å². The summed E-state index contributed by atoms with van der Waals surface area (Å²) in [4.78, 5) is 101. The summed E-state index contributed by atoms with van der Waals surface area (Å²) in [5.41, 5.74) is 1.26. The topological polar surface area (TPSA) is 173 Å². The highest BCUT2D eigenvalue weighted by atomic mass is 19.1. The fourth-order valence-corrected chi connectivity index (χ4v) is 7.39. The number of rotatable bonds is 19. The van der Waals surface area contributed by atoms with E-state index in [-0.39, 0.29) is 46.2 Å². The molecule has 84 heavy (non-hydrogen) atoms. The summed E-state index contributed by atoms with van der Waals surface area (Å²) >= 11 is 0. The van der Waals surface area contributed by atoms with Crippen LogP contribution in [0, 0.1) is 35.3 Å². The average Bonchev–Trinajstić information content (AvgIpc) is 0.767. The van der Waals surface area contributed by atoms with E-state index in [1.54, 1.807) is 151 Å². The quantitative estimate of drug-likeness (QED) is 0.0236. The Kier molecular flexibility index (Phi) is 19.0. The molecule has 3 N–H and O–H groups in total. The maximum Gasteiger partial charge on any atom is 0.259 e. The molecular weight excluding hydrogens is 1060 g/mol. The Morgan fingerprint density at radius 1 is 0.429 bits per heavy atom. The van der Waals surface area contributed by atoms with Crippen LogP contribution < -0.4 is 16.0 Å². The summed E-state index contributed by atoms with van der Waals surface area (Å²) in [5, 5.41) is 8.02. The van der Waals surface area contributed by atoms with Crippen molar-refractivity contribution in [1.29, 1.82) is 0 Å². The van der Waals surface area contributed by atoms with Crippen molar-refractivity contribution in [2.24, 2.45) is 23.7 Å². The zero-order valence-corrected chi connectivity index (χ0v) is 46.6. The summed E-state index contributed by atoms with van der Waals surface area (Å²) in [6, 6.07) is 34.2. The highest BCUT2D eigenvalue weighted by molar-refractivity contribution is 6.27. The van der Waals surface area contributed by atoms with E-state index in [0.29, 0.717) is 17.1 Å². The normalized spacial score (nSPS) is 13.8. The van der Waals surface area contributed by atoms with Gasteiger partial charge in [0.05, 0.1) is 34.9 Å². The lowest BCUT2D eigenvalue weighted by Crippen LogP contribution is -2.40. The standard InChI is InChI=1S/C26H24FNO3.2C19H19NO2.C7H5FO/c1-17(2)24(29)23(26(31)28-21-11-7-4-8-12-21)22(18-9-5-3-6-10-18)25(30)19-13-15-20(27)16-14-19;2*1-14(2)18(21)17(13-15-9-5-3-6-10-15)19(22)20-16-11-7-4-8-12-16;8-7-3-1-6(5-9)2-4-7/h3-17,22-23H,1-2H3,(H,28,31);2*3-14H,1-2H3,(H,20,22);1-5H/i13D,14D,15D,16D;3D,5D,6D,9D,10D;;1D,2D,3D,4D. The van der Waals surface area contributed by atoms with Crippen molar-refractivity contribution in [1.82, 2.24) is 0 Å². The number of nitrogens with one attached hydrogen (secondary N) is 3. The third-order valence-electron chi connectivity index (χ3n) is 11.6. The van der Waals surface area contributed by atoms with E-state index < -0.39 is 154 Å². The SMILES string of the molecule is CC(C)C(=O)C(=Cc1ccccc1)C(=O)Nc1ccccc1.[2H]c1c([2H])c(C(=O)C(c2ccccc2)C(C(=O)Nc2ccccc2)C(=O)C(C)C)c([2H])c([2H])c1F.[2H]c1c([2H])c(C=O)c([2H])c([2H])c1F.[2H]c1c([2H])c([2H])c(C=C(C(=O)Nc2ccccc2)C(=O)C(C)C)c([2H])c1[2H]. The van der Waals surface area contributed by atoms with Crippen molar-refractivity contribution in [3.63, 3.8) is 0 Å². The first-order valence-corrected chi connectivity index (χ1v) is 26.1. The summed E-state index contributed by atoms with van der Waals surface area (Å²) in [7, 11) is 0. The highest BCUT2D eigenvalue weighted by Crippen LogP contribution is 2.33. The summed E-state index contributed by atoms with van der Waals surface area (Å²) in [6.07, 6.45) is 2.89. The Bertz CT molecular complexity index is 4210. The fraction of sp³-hybridized carbons (Fsp3) is 0.155. The summed E-state index contributed by atoms with van der Waals surface area (Å²) < 4.78 is 126. The van der Waals surface area contributed by atoms with Crippen molar-refractivity contribution < 1.29 is 65.0 Å². The maximum atomic E-state index is 14.1. The van der Waals surface area contributed by atoms with E-state index in [2.05, 4.69) is 16.0 Å². The second-order valence-electron chi connectivity index (χ2n) is 18.9. The molecule has 2 atom stereocenters. The van der Waals surface area contributed by atoms with Gasteiger partial charge < -0.3 is 16.0 Å². The summed E-state index contributed by atoms with van der Waals surface area (Å²) in [5.74, 6) is -11.0. The van der Waals surface area contributed by atoms with Crippen LogP contribution in [-0.2, 0) is 28.8 Å². The van der Waals surface area contributed by atoms with Crippen LogP contribution in [0.5, 0.6) is 0 Å². The van der Waals surface area contributed by atoms with Crippen molar-refractivity contribution >= 4 is 76.4 Å². The first-order chi connectivity index (χ1) is 45.8. The molecule has 0 aromatic heterocycles. The minimum absolute atomic E-state index is 0.169. The largest absolute Gasteiger partial charge is 0.325 e. The lowest BCUT2D eigenvalue weighted by molar-refractivity contribution is -0.134. The summed E-state index contributed by atoms with van der Waals surface area (Å²) in [6.45, 7) is 9.99.